The smallest absolute Gasteiger partial charge is 0.328 e. The Balaban J connectivity index is 2.03. The fraction of sp³-hybridized carbons (Fsp3) is 0.308. The van der Waals surface area contributed by atoms with E-state index in [2.05, 4.69) is 10.3 Å². The Labute approximate surface area is 119 Å². The van der Waals surface area contributed by atoms with Gasteiger partial charge in [0.2, 0.25) is 5.91 Å². The summed E-state index contributed by atoms with van der Waals surface area (Å²) >= 11 is 1.45. The van der Waals surface area contributed by atoms with Crippen molar-refractivity contribution in [1.29, 1.82) is 0 Å². The molecule has 20 heavy (non-hydrogen) atoms. The SMILES string of the molecule is O=C(NC(CO)C(=O)O)C1CSC(c2ccccc2)=N1. The monoisotopic (exact) mass is 294 g/mol. The number of carbonyl (C=O) groups excluding carboxylic acids is 1. The van der Waals surface area contributed by atoms with E-state index in [9.17, 15) is 9.59 Å². The summed E-state index contributed by atoms with van der Waals surface area (Å²) in [5.41, 5.74) is 0.935. The molecule has 2 rings (SSSR count). The first-order chi connectivity index (χ1) is 9.61. The zero-order valence-electron chi connectivity index (χ0n) is 10.5. The summed E-state index contributed by atoms with van der Waals surface area (Å²) in [7, 11) is 0. The highest BCUT2D eigenvalue weighted by Gasteiger charge is 2.28. The highest BCUT2D eigenvalue weighted by Crippen LogP contribution is 2.23. The first-order valence-corrected chi connectivity index (χ1v) is 7.00. The Morgan fingerprint density at radius 1 is 1.40 bits per heavy atom. The number of amides is 1. The van der Waals surface area contributed by atoms with Crippen LogP contribution in [0.1, 0.15) is 5.56 Å². The Hall–Kier alpha value is -1.86. The van der Waals surface area contributed by atoms with Gasteiger partial charge in [0.25, 0.3) is 0 Å². The van der Waals surface area contributed by atoms with Crippen LogP contribution >= 0.6 is 11.8 Å². The molecule has 2 unspecified atom stereocenters. The molecule has 2 atom stereocenters. The topological polar surface area (TPSA) is 99.0 Å². The number of nitrogens with zero attached hydrogens (tertiary/aromatic N) is 1. The van der Waals surface area contributed by atoms with Crippen LogP contribution in [0, 0.1) is 0 Å². The lowest BCUT2D eigenvalue weighted by Gasteiger charge is -2.13. The number of aliphatic imine (C=N–C) groups is 1. The van der Waals surface area contributed by atoms with Gasteiger partial charge in [-0.25, -0.2) is 4.79 Å². The molecule has 0 aromatic heterocycles. The molecule has 1 aliphatic rings. The molecule has 0 saturated heterocycles. The minimum Gasteiger partial charge on any atom is -0.480 e. The van der Waals surface area contributed by atoms with E-state index >= 15 is 0 Å². The van der Waals surface area contributed by atoms with E-state index in [4.69, 9.17) is 10.2 Å². The Bertz CT molecular complexity index is 532. The summed E-state index contributed by atoms with van der Waals surface area (Å²) < 4.78 is 0. The average molecular weight is 294 g/mol. The minimum atomic E-state index is -1.29. The van der Waals surface area contributed by atoms with Gasteiger partial charge in [-0.15, -0.1) is 11.8 Å². The summed E-state index contributed by atoms with van der Waals surface area (Å²) in [6.45, 7) is -0.643. The van der Waals surface area contributed by atoms with Crippen LogP contribution in [0.3, 0.4) is 0 Å². The second-order valence-corrected chi connectivity index (χ2v) is 5.22. The lowest BCUT2D eigenvalue weighted by atomic mass is 10.2. The predicted molar refractivity (Wildman–Crippen MR) is 75.9 cm³/mol. The summed E-state index contributed by atoms with van der Waals surface area (Å²) in [6.07, 6.45) is 0. The van der Waals surface area contributed by atoms with Crippen LogP contribution in [0.4, 0.5) is 0 Å². The number of carboxylic acid groups (broad SMARTS) is 1. The number of aliphatic hydroxyl groups excluding tert-OH is 1. The van der Waals surface area contributed by atoms with Crippen molar-refractivity contribution in [2.75, 3.05) is 12.4 Å². The van der Waals surface area contributed by atoms with Crippen molar-refractivity contribution in [2.24, 2.45) is 4.99 Å². The van der Waals surface area contributed by atoms with Gasteiger partial charge >= 0.3 is 5.97 Å². The van der Waals surface area contributed by atoms with E-state index in [0.717, 1.165) is 10.6 Å². The molecule has 1 aromatic carbocycles. The largest absolute Gasteiger partial charge is 0.480 e. The van der Waals surface area contributed by atoms with E-state index in [0.29, 0.717) is 5.75 Å². The zero-order valence-corrected chi connectivity index (χ0v) is 11.3. The van der Waals surface area contributed by atoms with Crippen LogP contribution in [0.5, 0.6) is 0 Å². The van der Waals surface area contributed by atoms with Crippen molar-refractivity contribution in [2.45, 2.75) is 12.1 Å². The van der Waals surface area contributed by atoms with Gasteiger partial charge in [0, 0.05) is 11.3 Å². The number of aliphatic carboxylic acids is 1. The predicted octanol–water partition coefficient (Wildman–Crippen LogP) is 0.110. The molecule has 3 N–H and O–H groups in total. The number of aliphatic hydroxyl groups is 1. The molecule has 0 saturated carbocycles. The van der Waals surface area contributed by atoms with Gasteiger partial charge in [0.1, 0.15) is 12.1 Å². The van der Waals surface area contributed by atoms with Gasteiger partial charge in [-0.2, -0.15) is 0 Å². The molecule has 6 nitrogen and oxygen atoms in total. The third-order valence-corrected chi connectivity index (χ3v) is 3.87. The van der Waals surface area contributed by atoms with Crippen molar-refractivity contribution in [3.63, 3.8) is 0 Å². The summed E-state index contributed by atoms with van der Waals surface area (Å²) in [5, 5.41) is 20.7. The fourth-order valence-electron chi connectivity index (χ4n) is 1.70. The van der Waals surface area contributed by atoms with E-state index in [1.165, 1.54) is 11.8 Å². The Morgan fingerprint density at radius 2 is 2.10 bits per heavy atom. The van der Waals surface area contributed by atoms with Gasteiger partial charge < -0.3 is 15.5 Å². The number of benzene rings is 1. The molecule has 0 spiro atoms. The molecule has 0 bridgehead atoms. The van der Waals surface area contributed by atoms with Gasteiger partial charge in [-0.3, -0.25) is 9.79 Å². The summed E-state index contributed by atoms with van der Waals surface area (Å²) in [6, 6.07) is 7.56. The first kappa shape index (κ1) is 14.5. The van der Waals surface area contributed by atoms with Crippen molar-refractivity contribution >= 4 is 28.7 Å². The lowest BCUT2D eigenvalue weighted by molar-refractivity contribution is -0.143. The normalized spacial score (nSPS) is 19.2. The van der Waals surface area contributed by atoms with Gasteiger partial charge in [0.15, 0.2) is 0 Å². The second kappa shape index (κ2) is 6.53. The Morgan fingerprint density at radius 3 is 2.70 bits per heavy atom. The third-order valence-electron chi connectivity index (χ3n) is 2.77. The van der Waals surface area contributed by atoms with E-state index in [-0.39, 0.29) is 0 Å². The molecular formula is C13H14N2O4S. The molecule has 1 aromatic rings. The number of hydrogen-bond acceptors (Lipinski definition) is 5. The molecule has 1 heterocycles. The van der Waals surface area contributed by atoms with Crippen LogP contribution in [0.15, 0.2) is 35.3 Å². The van der Waals surface area contributed by atoms with Crippen LogP contribution in [-0.4, -0.2) is 51.6 Å². The van der Waals surface area contributed by atoms with E-state index in [1.807, 2.05) is 30.3 Å². The molecule has 0 fully saturated rings. The van der Waals surface area contributed by atoms with Crippen molar-refractivity contribution < 1.29 is 19.8 Å². The zero-order chi connectivity index (χ0) is 14.5. The lowest BCUT2D eigenvalue weighted by Crippen LogP contribution is -2.47. The standard InChI is InChI=1S/C13H14N2O4S/c16-6-9(13(18)19)14-11(17)10-7-20-12(15-10)8-4-2-1-3-5-8/h1-5,9-10,16H,6-7H2,(H,14,17)(H,18,19). The van der Waals surface area contributed by atoms with Gasteiger partial charge in [-0.1, -0.05) is 30.3 Å². The number of nitrogens with one attached hydrogen (secondary N) is 1. The number of carboxylic acids is 1. The summed E-state index contributed by atoms with van der Waals surface area (Å²) in [5.74, 6) is -1.28. The highest BCUT2D eigenvalue weighted by molar-refractivity contribution is 8.14. The third kappa shape index (κ3) is 3.37. The van der Waals surface area contributed by atoms with Crippen LogP contribution in [0.25, 0.3) is 0 Å². The van der Waals surface area contributed by atoms with Gasteiger partial charge in [-0.05, 0) is 0 Å². The molecule has 0 radical (unpaired) electrons. The average Bonchev–Trinajstić information content (AvgIpc) is 2.95. The van der Waals surface area contributed by atoms with Crippen molar-refractivity contribution in [3.05, 3.63) is 35.9 Å². The van der Waals surface area contributed by atoms with Crippen LogP contribution < -0.4 is 5.32 Å². The fourth-order valence-corrected chi connectivity index (χ4v) is 2.75. The molecule has 7 heteroatoms. The molecule has 106 valence electrons. The van der Waals surface area contributed by atoms with Crippen LogP contribution in [0.2, 0.25) is 0 Å². The molecule has 0 aliphatic carbocycles. The van der Waals surface area contributed by atoms with Crippen molar-refractivity contribution in [1.82, 2.24) is 5.32 Å². The van der Waals surface area contributed by atoms with E-state index in [1.54, 1.807) is 0 Å². The van der Waals surface area contributed by atoms with Crippen LogP contribution in [-0.2, 0) is 9.59 Å². The maximum absolute atomic E-state index is 11.9. The molecular weight excluding hydrogens is 280 g/mol. The first-order valence-electron chi connectivity index (χ1n) is 6.02. The maximum atomic E-state index is 11.9. The minimum absolute atomic E-state index is 0.466. The maximum Gasteiger partial charge on any atom is 0.328 e. The molecule has 1 amide bonds. The van der Waals surface area contributed by atoms with Crippen molar-refractivity contribution in [3.8, 4) is 0 Å². The summed E-state index contributed by atoms with van der Waals surface area (Å²) in [4.78, 5) is 26.9. The van der Waals surface area contributed by atoms with E-state index < -0.39 is 30.6 Å². The Kier molecular flexibility index (Phi) is 4.75. The molecule has 1 aliphatic heterocycles. The quantitative estimate of drug-likeness (QED) is 0.716. The number of thioether (sulfide) groups is 1. The number of hydrogen-bond donors (Lipinski definition) is 3. The highest BCUT2D eigenvalue weighted by atomic mass is 32.2. The van der Waals surface area contributed by atoms with Gasteiger partial charge in [0.05, 0.1) is 11.7 Å². The number of rotatable bonds is 5. The second-order valence-electron chi connectivity index (χ2n) is 4.21. The number of carbonyl (C=O) groups is 2.